The molecule has 0 saturated carbocycles. The van der Waals surface area contributed by atoms with Crippen molar-refractivity contribution < 1.29 is 24.5 Å². The van der Waals surface area contributed by atoms with E-state index in [1.165, 1.54) is 45.7 Å². The van der Waals surface area contributed by atoms with Gasteiger partial charge in [0.25, 0.3) is 5.78 Å². The third-order valence-electron chi connectivity index (χ3n) is 7.35. The van der Waals surface area contributed by atoms with Crippen LogP contribution in [-0.4, -0.2) is 32.1 Å². The number of anilines is 1. The smallest absolute Gasteiger partial charge is 0.301 e. The lowest BCUT2D eigenvalue weighted by Crippen LogP contribution is -2.29. The number of carbonyl (C=O) groups is 2. The molecule has 1 unspecified atom stereocenters. The highest BCUT2D eigenvalue weighted by atomic mass is 32.2. The fraction of sp³-hybridized carbons (Fsp3) is 0.143. The number of nitrogens with zero attached hydrogens (tertiary/aromatic N) is 3. The van der Waals surface area contributed by atoms with Crippen molar-refractivity contribution in [3.05, 3.63) is 136 Å². The number of rotatable bonds is 9. The van der Waals surface area contributed by atoms with Crippen LogP contribution in [0.25, 0.3) is 5.76 Å². The first kappa shape index (κ1) is 30.1. The number of phenolic OH excluding ortho intramolecular Hbond substituents is 1. The number of aromatic nitrogens is 2. The number of aromatic hydroxyl groups is 1. The molecule has 0 spiro atoms. The number of Topliss-reactive ketones (excluding diaryl/α,β-unsaturated/α-hetero) is 1. The van der Waals surface area contributed by atoms with Crippen molar-refractivity contribution in [1.82, 2.24) is 10.2 Å². The lowest BCUT2D eigenvalue weighted by molar-refractivity contribution is -0.132. The van der Waals surface area contributed by atoms with Crippen molar-refractivity contribution in [2.24, 2.45) is 0 Å². The summed E-state index contributed by atoms with van der Waals surface area (Å²) in [7, 11) is 0. The number of benzene rings is 4. The van der Waals surface area contributed by atoms with Gasteiger partial charge in [-0.05, 0) is 66.9 Å². The number of amides is 1. The topological polar surface area (TPSA) is 113 Å². The van der Waals surface area contributed by atoms with Crippen LogP contribution in [0.5, 0.6) is 11.5 Å². The molecule has 1 atom stereocenters. The average Bonchev–Trinajstić information content (AvgIpc) is 3.62. The SMILES string of the molecule is Cc1ccc(CSc2nnc(N3C(=O)C(=O)/C(=C(/O)c4ccc(OCc5cccc(C)c5)cc4)C3c3ccc(O)cc3)s2)cc1. The average molecular weight is 636 g/mol. The number of hydrogen-bond acceptors (Lipinski definition) is 9. The van der Waals surface area contributed by atoms with E-state index in [9.17, 15) is 19.8 Å². The second-order valence-electron chi connectivity index (χ2n) is 10.7. The highest BCUT2D eigenvalue weighted by molar-refractivity contribution is 8.00. The Kier molecular flexibility index (Phi) is 8.68. The van der Waals surface area contributed by atoms with Gasteiger partial charge in [-0.25, -0.2) is 0 Å². The number of aryl methyl sites for hydroxylation is 2. The summed E-state index contributed by atoms with van der Waals surface area (Å²) in [6.45, 7) is 4.43. The summed E-state index contributed by atoms with van der Waals surface area (Å²) in [6, 6.07) is 28.1. The number of hydrogen-bond donors (Lipinski definition) is 2. The van der Waals surface area contributed by atoms with Gasteiger partial charge in [0.1, 0.15) is 23.9 Å². The molecular formula is C35H29N3O5S2. The fourth-order valence-electron chi connectivity index (χ4n) is 5.02. The predicted octanol–water partition coefficient (Wildman–Crippen LogP) is 7.36. The minimum absolute atomic E-state index is 0.0302. The molecule has 8 nitrogen and oxygen atoms in total. The first-order chi connectivity index (χ1) is 21.8. The quantitative estimate of drug-likeness (QED) is 0.0568. The fourth-order valence-corrected chi connectivity index (χ4v) is 6.85. The van der Waals surface area contributed by atoms with Crippen LogP contribution < -0.4 is 9.64 Å². The van der Waals surface area contributed by atoms with Gasteiger partial charge in [0.2, 0.25) is 5.13 Å². The van der Waals surface area contributed by atoms with Crippen LogP contribution >= 0.6 is 23.1 Å². The Balaban J connectivity index is 1.29. The van der Waals surface area contributed by atoms with E-state index < -0.39 is 17.7 Å². The van der Waals surface area contributed by atoms with Gasteiger partial charge < -0.3 is 14.9 Å². The Morgan fingerprint density at radius 2 is 1.62 bits per heavy atom. The normalized spacial score (nSPS) is 15.9. The summed E-state index contributed by atoms with van der Waals surface area (Å²) in [5.74, 6) is -0.693. The number of ketones is 1. The molecule has 1 fully saturated rings. The van der Waals surface area contributed by atoms with Crippen molar-refractivity contribution in [2.45, 2.75) is 36.6 Å². The van der Waals surface area contributed by atoms with Crippen LogP contribution in [0.4, 0.5) is 5.13 Å². The lowest BCUT2D eigenvalue weighted by atomic mass is 9.95. The summed E-state index contributed by atoms with van der Waals surface area (Å²) in [5, 5.41) is 30.2. The van der Waals surface area contributed by atoms with Gasteiger partial charge in [0.15, 0.2) is 4.34 Å². The Labute approximate surface area is 268 Å². The zero-order valence-corrected chi connectivity index (χ0v) is 26.1. The molecule has 226 valence electrons. The second kappa shape index (κ2) is 13.0. The molecule has 6 rings (SSSR count). The van der Waals surface area contributed by atoms with Crippen LogP contribution in [-0.2, 0) is 21.9 Å². The number of ether oxygens (including phenoxy) is 1. The Morgan fingerprint density at radius 3 is 2.33 bits per heavy atom. The van der Waals surface area contributed by atoms with E-state index in [-0.39, 0.29) is 22.2 Å². The Hall–Kier alpha value is -4.93. The van der Waals surface area contributed by atoms with E-state index in [4.69, 9.17) is 4.74 Å². The van der Waals surface area contributed by atoms with Gasteiger partial charge in [0, 0.05) is 11.3 Å². The zero-order chi connectivity index (χ0) is 31.5. The van der Waals surface area contributed by atoms with Crippen molar-refractivity contribution in [1.29, 1.82) is 0 Å². The molecule has 0 bridgehead atoms. The summed E-state index contributed by atoms with van der Waals surface area (Å²) < 4.78 is 6.55. The number of thioether (sulfide) groups is 1. The molecule has 0 radical (unpaired) electrons. The van der Waals surface area contributed by atoms with E-state index in [0.717, 1.165) is 16.7 Å². The lowest BCUT2D eigenvalue weighted by Gasteiger charge is -2.22. The summed E-state index contributed by atoms with van der Waals surface area (Å²) in [6.07, 6.45) is 0. The zero-order valence-electron chi connectivity index (χ0n) is 24.5. The molecule has 2 heterocycles. The molecule has 0 aliphatic carbocycles. The van der Waals surface area contributed by atoms with Gasteiger partial charge in [-0.1, -0.05) is 94.9 Å². The molecule has 1 amide bonds. The minimum Gasteiger partial charge on any atom is -0.508 e. The monoisotopic (exact) mass is 635 g/mol. The first-order valence-corrected chi connectivity index (χ1v) is 16.0. The maximum Gasteiger partial charge on any atom is 0.301 e. The van der Waals surface area contributed by atoms with Crippen molar-refractivity contribution in [3.8, 4) is 11.5 Å². The molecule has 4 aromatic carbocycles. The van der Waals surface area contributed by atoms with Crippen LogP contribution in [0.2, 0.25) is 0 Å². The molecule has 1 aliphatic heterocycles. The van der Waals surface area contributed by atoms with Crippen molar-refractivity contribution >= 4 is 45.7 Å². The highest BCUT2D eigenvalue weighted by Gasteiger charge is 2.48. The van der Waals surface area contributed by atoms with Crippen molar-refractivity contribution in [3.63, 3.8) is 0 Å². The third kappa shape index (κ3) is 6.62. The Morgan fingerprint density at radius 1 is 0.889 bits per heavy atom. The number of aliphatic hydroxyl groups is 1. The molecular weight excluding hydrogens is 607 g/mol. The molecule has 1 aliphatic rings. The number of carbonyl (C=O) groups excluding carboxylic acids is 2. The predicted molar refractivity (Wildman–Crippen MR) is 175 cm³/mol. The van der Waals surface area contributed by atoms with E-state index in [1.807, 2.05) is 50.2 Å². The largest absolute Gasteiger partial charge is 0.508 e. The van der Waals surface area contributed by atoms with Crippen LogP contribution in [0.3, 0.4) is 0 Å². The second-order valence-corrected chi connectivity index (χ2v) is 12.9. The van der Waals surface area contributed by atoms with Crippen LogP contribution in [0, 0.1) is 13.8 Å². The van der Waals surface area contributed by atoms with Gasteiger partial charge >= 0.3 is 5.91 Å². The molecule has 2 N–H and O–H groups in total. The van der Waals surface area contributed by atoms with E-state index in [1.54, 1.807) is 36.4 Å². The molecule has 5 aromatic rings. The maximum atomic E-state index is 13.5. The standard InChI is InChI=1S/C35H29N3O5S2/c1-21-6-8-23(9-7-21)20-44-35-37-36-34(45-35)38-30(25-10-14-27(39)15-11-25)29(32(41)33(38)42)31(40)26-12-16-28(17-13-26)43-19-24-5-3-4-22(2)18-24/h3-18,30,39-40H,19-20H2,1-2H3/b31-29+. The van der Waals surface area contributed by atoms with Crippen LogP contribution in [0.15, 0.2) is 107 Å². The Bertz CT molecular complexity index is 1880. The number of phenols is 1. The molecule has 1 aromatic heterocycles. The van der Waals surface area contributed by atoms with Gasteiger partial charge in [-0.15, -0.1) is 10.2 Å². The molecule has 45 heavy (non-hydrogen) atoms. The van der Waals surface area contributed by atoms with Crippen LogP contribution in [0.1, 0.15) is 39.4 Å². The first-order valence-electron chi connectivity index (χ1n) is 14.2. The minimum atomic E-state index is -0.981. The van der Waals surface area contributed by atoms with Gasteiger partial charge in [-0.2, -0.15) is 0 Å². The maximum absolute atomic E-state index is 13.5. The molecule has 1 saturated heterocycles. The third-order valence-corrected chi connectivity index (χ3v) is 9.48. The summed E-state index contributed by atoms with van der Waals surface area (Å²) in [4.78, 5) is 28.3. The van der Waals surface area contributed by atoms with Gasteiger partial charge in [0.05, 0.1) is 11.6 Å². The van der Waals surface area contributed by atoms with Crippen molar-refractivity contribution in [2.75, 3.05) is 4.90 Å². The molecule has 10 heteroatoms. The number of aliphatic hydroxyl groups excluding tert-OH is 1. The summed E-state index contributed by atoms with van der Waals surface area (Å²) >= 11 is 2.68. The highest BCUT2D eigenvalue weighted by Crippen LogP contribution is 2.44. The summed E-state index contributed by atoms with van der Waals surface area (Å²) in [5.41, 5.74) is 5.27. The van der Waals surface area contributed by atoms with E-state index in [2.05, 4.69) is 22.3 Å². The van der Waals surface area contributed by atoms with E-state index >= 15 is 0 Å². The van der Waals surface area contributed by atoms with E-state index in [0.29, 0.717) is 33.6 Å². The van der Waals surface area contributed by atoms with Gasteiger partial charge in [-0.3, -0.25) is 14.5 Å².